The van der Waals surface area contributed by atoms with Gasteiger partial charge in [-0.3, -0.25) is 9.10 Å². The highest BCUT2D eigenvalue weighted by atomic mass is 32.1. The van der Waals surface area contributed by atoms with Crippen molar-refractivity contribution < 1.29 is 9.53 Å². The third-order valence-corrected chi connectivity index (χ3v) is 2.92. The third kappa shape index (κ3) is 1.93. The minimum absolute atomic E-state index is 0.0936. The maximum Gasteiger partial charge on any atom is 0.311 e. The summed E-state index contributed by atoms with van der Waals surface area (Å²) in [6.45, 7) is 3.67. The number of methoxy groups -OCH3 is 1. The van der Waals surface area contributed by atoms with Crippen LogP contribution in [0.4, 0.5) is 0 Å². The number of thiol groups is 1. The van der Waals surface area contributed by atoms with Gasteiger partial charge in [0.25, 0.3) is 0 Å². The van der Waals surface area contributed by atoms with E-state index in [0.29, 0.717) is 0 Å². The number of hydrogen-bond acceptors (Lipinski definition) is 4. The first-order valence-corrected chi connectivity index (χ1v) is 4.51. The molecule has 0 aromatic carbocycles. The van der Waals surface area contributed by atoms with Crippen molar-refractivity contribution in [3.8, 4) is 0 Å². The SMILES string of the molecule is COC(=O)C1(C)CCN(S)CC1. The zero-order valence-corrected chi connectivity index (χ0v) is 8.43. The summed E-state index contributed by atoms with van der Waals surface area (Å²) in [6, 6.07) is 0. The summed E-state index contributed by atoms with van der Waals surface area (Å²) < 4.78 is 6.68. The predicted octanol–water partition coefficient (Wildman–Crippen LogP) is 1.11. The zero-order chi connectivity index (χ0) is 9.19. The second-order valence-electron chi connectivity index (χ2n) is 3.51. The molecule has 0 aromatic rings. The molecule has 12 heavy (non-hydrogen) atoms. The minimum Gasteiger partial charge on any atom is -0.469 e. The largest absolute Gasteiger partial charge is 0.469 e. The Labute approximate surface area is 78.6 Å². The fraction of sp³-hybridized carbons (Fsp3) is 0.875. The Morgan fingerprint density at radius 3 is 2.42 bits per heavy atom. The molecule has 0 atom stereocenters. The van der Waals surface area contributed by atoms with Crippen LogP contribution in [0.2, 0.25) is 0 Å². The van der Waals surface area contributed by atoms with E-state index >= 15 is 0 Å². The van der Waals surface area contributed by atoms with E-state index in [0.717, 1.165) is 25.9 Å². The normalized spacial score (nSPS) is 23.6. The lowest BCUT2D eigenvalue weighted by atomic mass is 9.81. The van der Waals surface area contributed by atoms with Gasteiger partial charge in [0.15, 0.2) is 0 Å². The predicted molar refractivity (Wildman–Crippen MR) is 49.9 cm³/mol. The second-order valence-corrected chi connectivity index (χ2v) is 4.07. The molecule has 1 aliphatic heterocycles. The van der Waals surface area contributed by atoms with Gasteiger partial charge in [-0.2, -0.15) is 0 Å². The van der Waals surface area contributed by atoms with Crippen LogP contribution in [-0.4, -0.2) is 30.5 Å². The average molecular weight is 189 g/mol. The van der Waals surface area contributed by atoms with E-state index in [1.54, 1.807) is 0 Å². The molecule has 0 amide bonds. The van der Waals surface area contributed by atoms with Gasteiger partial charge in [0.05, 0.1) is 12.5 Å². The number of rotatable bonds is 1. The van der Waals surface area contributed by atoms with E-state index in [1.165, 1.54) is 7.11 Å². The number of esters is 1. The molecule has 0 N–H and O–H groups in total. The van der Waals surface area contributed by atoms with Crippen molar-refractivity contribution >= 4 is 18.8 Å². The maximum absolute atomic E-state index is 11.3. The third-order valence-electron chi connectivity index (χ3n) is 2.52. The van der Waals surface area contributed by atoms with Crippen molar-refractivity contribution in [1.29, 1.82) is 0 Å². The highest BCUT2D eigenvalue weighted by Crippen LogP contribution is 2.32. The van der Waals surface area contributed by atoms with Crippen molar-refractivity contribution in [2.75, 3.05) is 20.2 Å². The van der Waals surface area contributed by atoms with E-state index in [-0.39, 0.29) is 11.4 Å². The van der Waals surface area contributed by atoms with Crippen LogP contribution in [0, 0.1) is 5.41 Å². The molecule has 0 spiro atoms. The van der Waals surface area contributed by atoms with Crippen LogP contribution in [0.3, 0.4) is 0 Å². The number of ether oxygens (including phenoxy) is 1. The molecule has 1 rings (SSSR count). The Hall–Kier alpha value is -0.220. The summed E-state index contributed by atoms with van der Waals surface area (Å²) in [5.74, 6) is -0.0936. The van der Waals surface area contributed by atoms with Crippen LogP contribution in [0.5, 0.6) is 0 Å². The molecular formula is C8H15NO2S. The molecule has 1 fully saturated rings. The van der Waals surface area contributed by atoms with E-state index in [9.17, 15) is 4.79 Å². The van der Waals surface area contributed by atoms with Crippen LogP contribution in [-0.2, 0) is 9.53 Å². The first kappa shape index (κ1) is 9.86. The van der Waals surface area contributed by atoms with E-state index in [1.807, 2.05) is 11.2 Å². The number of hydrogen-bond donors (Lipinski definition) is 1. The first-order valence-electron chi connectivity index (χ1n) is 4.11. The standard InChI is InChI=1S/C8H15NO2S/c1-8(7(10)11-2)3-5-9(12)6-4-8/h12H,3-6H2,1-2H3. The lowest BCUT2D eigenvalue weighted by molar-refractivity contribution is -0.153. The molecule has 0 aromatic heterocycles. The van der Waals surface area contributed by atoms with Gasteiger partial charge in [0.1, 0.15) is 0 Å². The molecule has 0 radical (unpaired) electrons. The molecule has 4 heteroatoms. The summed E-state index contributed by atoms with van der Waals surface area (Å²) in [5, 5.41) is 0. The smallest absolute Gasteiger partial charge is 0.311 e. The van der Waals surface area contributed by atoms with Gasteiger partial charge in [0.2, 0.25) is 0 Å². The first-order chi connectivity index (χ1) is 5.58. The summed E-state index contributed by atoms with van der Waals surface area (Å²) in [4.78, 5) is 11.3. The Kier molecular flexibility index (Phi) is 3.01. The van der Waals surface area contributed by atoms with Gasteiger partial charge in [-0.1, -0.05) is 12.8 Å². The molecule has 0 aliphatic carbocycles. The van der Waals surface area contributed by atoms with Crippen LogP contribution in [0.1, 0.15) is 19.8 Å². The zero-order valence-electron chi connectivity index (χ0n) is 7.54. The minimum atomic E-state index is -0.284. The van der Waals surface area contributed by atoms with Crippen LogP contribution in [0.15, 0.2) is 0 Å². The molecule has 0 saturated carbocycles. The van der Waals surface area contributed by atoms with Crippen LogP contribution in [0.25, 0.3) is 0 Å². The van der Waals surface area contributed by atoms with Crippen molar-refractivity contribution in [2.24, 2.45) is 5.41 Å². The quantitative estimate of drug-likeness (QED) is 0.495. The molecular weight excluding hydrogens is 174 g/mol. The number of carbonyl (C=O) groups is 1. The Morgan fingerprint density at radius 2 is 2.00 bits per heavy atom. The number of nitrogens with zero attached hydrogens (tertiary/aromatic N) is 1. The van der Waals surface area contributed by atoms with Crippen LogP contribution < -0.4 is 0 Å². The van der Waals surface area contributed by atoms with Crippen molar-refractivity contribution in [3.63, 3.8) is 0 Å². The number of piperidine rings is 1. The molecule has 0 unspecified atom stereocenters. The van der Waals surface area contributed by atoms with Gasteiger partial charge in [-0.25, -0.2) is 0 Å². The van der Waals surface area contributed by atoms with Gasteiger partial charge in [-0.05, 0) is 19.8 Å². The molecule has 70 valence electrons. The molecule has 0 bridgehead atoms. The lowest BCUT2D eigenvalue weighted by Gasteiger charge is -2.34. The van der Waals surface area contributed by atoms with Gasteiger partial charge < -0.3 is 4.74 Å². The summed E-state index contributed by atoms with van der Waals surface area (Å²) >= 11 is 4.22. The Bertz CT molecular complexity index is 176. The topological polar surface area (TPSA) is 29.5 Å². The molecule has 1 saturated heterocycles. The second kappa shape index (κ2) is 3.66. The number of carbonyl (C=O) groups excluding carboxylic acids is 1. The van der Waals surface area contributed by atoms with Crippen molar-refractivity contribution in [3.05, 3.63) is 0 Å². The van der Waals surface area contributed by atoms with Gasteiger partial charge in [0, 0.05) is 13.1 Å². The molecule has 3 nitrogen and oxygen atoms in total. The Balaban J connectivity index is 2.55. The summed E-state index contributed by atoms with van der Waals surface area (Å²) in [5.41, 5.74) is -0.284. The molecule has 1 aliphatic rings. The Morgan fingerprint density at radius 1 is 1.50 bits per heavy atom. The van der Waals surface area contributed by atoms with Gasteiger partial charge in [-0.15, -0.1) is 0 Å². The maximum atomic E-state index is 11.3. The lowest BCUT2D eigenvalue weighted by Crippen LogP contribution is -2.39. The van der Waals surface area contributed by atoms with Crippen molar-refractivity contribution in [2.45, 2.75) is 19.8 Å². The monoisotopic (exact) mass is 189 g/mol. The van der Waals surface area contributed by atoms with E-state index in [4.69, 9.17) is 4.74 Å². The van der Waals surface area contributed by atoms with E-state index < -0.39 is 0 Å². The van der Waals surface area contributed by atoms with Crippen molar-refractivity contribution in [1.82, 2.24) is 4.31 Å². The fourth-order valence-corrected chi connectivity index (χ4v) is 1.64. The van der Waals surface area contributed by atoms with Crippen LogP contribution >= 0.6 is 12.8 Å². The summed E-state index contributed by atoms with van der Waals surface area (Å²) in [7, 11) is 1.45. The molecule has 1 heterocycles. The highest BCUT2D eigenvalue weighted by molar-refractivity contribution is 7.77. The fourth-order valence-electron chi connectivity index (χ4n) is 1.44. The van der Waals surface area contributed by atoms with E-state index in [2.05, 4.69) is 12.8 Å². The highest BCUT2D eigenvalue weighted by Gasteiger charge is 2.37. The van der Waals surface area contributed by atoms with Gasteiger partial charge >= 0.3 is 5.97 Å². The summed E-state index contributed by atoms with van der Waals surface area (Å²) in [6.07, 6.45) is 1.67. The average Bonchev–Trinajstić information content (AvgIpc) is 2.09.